The van der Waals surface area contributed by atoms with Crippen LogP contribution in [0.25, 0.3) is 0 Å². The number of carbonyl (C=O) groups excluding carboxylic acids is 1. The summed E-state index contributed by atoms with van der Waals surface area (Å²) in [6, 6.07) is 17.8. The van der Waals surface area contributed by atoms with Crippen LogP contribution in [0.3, 0.4) is 0 Å². The molecule has 3 aromatic rings. The molecule has 0 atom stereocenters. The van der Waals surface area contributed by atoms with Gasteiger partial charge in [0, 0.05) is 6.07 Å². The van der Waals surface area contributed by atoms with Crippen molar-refractivity contribution in [3.8, 4) is 11.6 Å². The number of nitrogens with zero attached hydrogens (tertiary/aromatic N) is 2. The number of benzene rings is 2. The van der Waals surface area contributed by atoms with Crippen molar-refractivity contribution < 1.29 is 17.9 Å². The minimum absolute atomic E-state index is 0.342. The molecule has 0 radical (unpaired) electrons. The predicted octanol–water partition coefficient (Wildman–Crippen LogP) is 3.90. The van der Waals surface area contributed by atoms with Gasteiger partial charge in [-0.25, -0.2) is 13.4 Å². The number of para-hydroxylation sites is 1. The van der Waals surface area contributed by atoms with Gasteiger partial charge < -0.3 is 10.1 Å². The number of sulfonamides is 1. The summed E-state index contributed by atoms with van der Waals surface area (Å²) in [6.45, 7) is 3.44. The normalized spacial score (nSPS) is 11.0. The lowest BCUT2D eigenvalue weighted by Gasteiger charge is -2.23. The van der Waals surface area contributed by atoms with E-state index in [2.05, 4.69) is 10.3 Å². The Morgan fingerprint density at radius 3 is 2.33 bits per heavy atom. The lowest BCUT2D eigenvalue weighted by molar-refractivity contribution is -0.114. The van der Waals surface area contributed by atoms with Gasteiger partial charge in [0.25, 0.3) is 0 Å². The molecule has 0 unspecified atom stereocenters. The van der Waals surface area contributed by atoms with E-state index in [0.29, 0.717) is 23.0 Å². The zero-order valence-electron chi connectivity index (χ0n) is 17.0. The Bertz CT molecular complexity index is 1130. The molecule has 0 aliphatic heterocycles. The van der Waals surface area contributed by atoms with Gasteiger partial charge >= 0.3 is 0 Å². The molecule has 0 aliphatic rings. The largest absolute Gasteiger partial charge is 0.439 e. The molecular weight excluding hydrogens is 402 g/mol. The fraction of sp³-hybridized carbons (Fsp3) is 0.182. The van der Waals surface area contributed by atoms with Crippen molar-refractivity contribution in [1.82, 2.24) is 4.98 Å². The molecule has 0 spiro atoms. The van der Waals surface area contributed by atoms with Crippen LogP contribution in [0.15, 0.2) is 66.9 Å². The number of carbonyl (C=O) groups is 1. The molecule has 1 amide bonds. The molecule has 0 saturated carbocycles. The summed E-state index contributed by atoms with van der Waals surface area (Å²) in [4.78, 5) is 16.7. The van der Waals surface area contributed by atoms with Gasteiger partial charge in [0.2, 0.25) is 21.8 Å². The van der Waals surface area contributed by atoms with Crippen LogP contribution in [-0.2, 0) is 14.8 Å². The van der Waals surface area contributed by atoms with E-state index in [1.807, 2.05) is 37.3 Å². The fourth-order valence-corrected chi connectivity index (χ4v) is 3.71. The predicted molar refractivity (Wildman–Crippen MR) is 117 cm³/mol. The van der Waals surface area contributed by atoms with E-state index in [1.54, 1.807) is 37.3 Å². The van der Waals surface area contributed by atoms with E-state index in [4.69, 9.17) is 4.74 Å². The van der Waals surface area contributed by atoms with Crippen molar-refractivity contribution in [2.75, 3.05) is 22.4 Å². The molecule has 1 heterocycles. The number of hydrogen-bond acceptors (Lipinski definition) is 5. The first-order valence-corrected chi connectivity index (χ1v) is 11.1. The summed E-state index contributed by atoms with van der Waals surface area (Å²) in [5, 5.41) is 2.67. The summed E-state index contributed by atoms with van der Waals surface area (Å²) in [5.74, 6) is 0.569. The second-order valence-corrected chi connectivity index (χ2v) is 8.81. The van der Waals surface area contributed by atoms with Gasteiger partial charge in [-0.15, -0.1) is 0 Å². The second-order valence-electron chi connectivity index (χ2n) is 6.90. The van der Waals surface area contributed by atoms with E-state index < -0.39 is 15.9 Å². The van der Waals surface area contributed by atoms with Crippen molar-refractivity contribution in [3.05, 3.63) is 78.0 Å². The van der Waals surface area contributed by atoms with E-state index in [9.17, 15) is 13.2 Å². The average molecular weight is 426 g/mol. The van der Waals surface area contributed by atoms with Crippen molar-refractivity contribution in [2.45, 2.75) is 13.8 Å². The summed E-state index contributed by atoms with van der Waals surface area (Å²) in [5.41, 5.74) is 2.79. The van der Waals surface area contributed by atoms with Crippen LogP contribution >= 0.6 is 0 Å². The third-order valence-electron chi connectivity index (χ3n) is 4.34. The van der Waals surface area contributed by atoms with E-state index in [-0.39, 0.29) is 6.54 Å². The zero-order valence-corrected chi connectivity index (χ0v) is 17.8. The number of nitrogens with one attached hydrogen (secondary N) is 1. The lowest BCUT2D eigenvalue weighted by atomic mass is 10.2. The van der Waals surface area contributed by atoms with E-state index in [1.165, 1.54) is 6.20 Å². The zero-order chi connectivity index (χ0) is 21.7. The molecule has 7 nitrogen and oxygen atoms in total. The Kier molecular flexibility index (Phi) is 6.37. The van der Waals surface area contributed by atoms with Crippen molar-refractivity contribution in [2.24, 2.45) is 0 Å². The van der Waals surface area contributed by atoms with Gasteiger partial charge in [0.1, 0.15) is 12.3 Å². The third-order valence-corrected chi connectivity index (χ3v) is 5.46. The molecule has 3 rings (SSSR count). The highest BCUT2D eigenvalue weighted by Gasteiger charge is 2.22. The van der Waals surface area contributed by atoms with Gasteiger partial charge in [-0.1, -0.05) is 35.9 Å². The van der Waals surface area contributed by atoms with E-state index in [0.717, 1.165) is 21.7 Å². The SMILES string of the molecule is Cc1ccc(Oc2ccc(NC(=O)CN(c3ccccc3C)S(C)(=O)=O)cn2)cc1. The minimum Gasteiger partial charge on any atom is -0.439 e. The molecule has 0 aliphatic carbocycles. The summed E-state index contributed by atoms with van der Waals surface area (Å²) in [7, 11) is -3.64. The Labute approximate surface area is 176 Å². The van der Waals surface area contributed by atoms with Crippen LogP contribution < -0.4 is 14.4 Å². The van der Waals surface area contributed by atoms with Crippen LogP contribution in [0, 0.1) is 13.8 Å². The molecule has 1 aromatic heterocycles. The molecule has 156 valence electrons. The molecule has 30 heavy (non-hydrogen) atoms. The second kappa shape index (κ2) is 8.96. The van der Waals surface area contributed by atoms with Crippen LogP contribution in [0.1, 0.15) is 11.1 Å². The number of aromatic nitrogens is 1. The molecule has 0 bridgehead atoms. The van der Waals surface area contributed by atoms with Gasteiger partial charge in [0.05, 0.1) is 23.8 Å². The maximum Gasteiger partial charge on any atom is 0.245 e. The highest BCUT2D eigenvalue weighted by Crippen LogP contribution is 2.23. The highest BCUT2D eigenvalue weighted by molar-refractivity contribution is 7.92. The molecule has 0 fully saturated rings. The van der Waals surface area contributed by atoms with Crippen molar-refractivity contribution in [3.63, 3.8) is 0 Å². The minimum atomic E-state index is -3.64. The first-order chi connectivity index (χ1) is 14.2. The number of pyridine rings is 1. The van der Waals surface area contributed by atoms with Crippen LogP contribution in [0.2, 0.25) is 0 Å². The molecule has 8 heteroatoms. The topological polar surface area (TPSA) is 88.6 Å². The van der Waals surface area contributed by atoms with Crippen LogP contribution in [0.5, 0.6) is 11.6 Å². The number of anilines is 2. The standard InChI is InChI=1S/C22H23N3O4S/c1-16-8-11-19(12-9-16)29-22-13-10-18(14-23-22)24-21(26)15-25(30(3,27)28)20-7-5-4-6-17(20)2/h4-14H,15H2,1-3H3,(H,24,26). The number of aryl methyl sites for hydroxylation is 2. The van der Waals surface area contributed by atoms with Crippen LogP contribution in [0.4, 0.5) is 11.4 Å². The number of rotatable bonds is 7. The number of ether oxygens (including phenoxy) is 1. The average Bonchev–Trinajstić information content (AvgIpc) is 2.69. The highest BCUT2D eigenvalue weighted by atomic mass is 32.2. The lowest BCUT2D eigenvalue weighted by Crippen LogP contribution is -2.37. The first-order valence-electron chi connectivity index (χ1n) is 9.26. The van der Waals surface area contributed by atoms with Crippen LogP contribution in [-0.4, -0.2) is 32.1 Å². The summed E-state index contributed by atoms with van der Waals surface area (Å²) >= 11 is 0. The van der Waals surface area contributed by atoms with Gasteiger partial charge in [-0.2, -0.15) is 0 Å². The van der Waals surface area contributed by atoms with Crippen molar-refractivity contribution >= 4 is 27.3 Å². The molecule has 1 N–H and O–H groups in total. The van der Waals surface area contributed by atoms with Gasteiger partial charge in [0.15, 0.2) is 0 Å². The molecule has 0 saturated heterocycles. The Balaban J connectivity index is 1.67. The smallest absolute Gasteiger partial charge is 0.245 e. The maximum atomic E-state index is 12.5. The van der Waals surface area contributed by atoms with E-state index >= 15 is 0 Å². The summed E-state index contributed by atoms with van der Waals surface area (Å²) < 4.78 is 31.2. The summed E-state index contributed by atoms with van der Waals surface area (Å²) in [6.07, 6.45) is 2.53. The Morgan fingerprint density at radius 2 is 1.73 bits per heavy atom. The number of amides is 1. The third kappa shape index (κ3) is 5.57. The maximum absolute atomic E-state index is 12.5. The molecule has 2 aromatic carbocycles. The van der Waals surface area contributed by atoms with Crippen molar-refractivity contribution in [1.29, 1.82) is 0 Å². The molecular formula is C22H23N3O4S. The monoisotopic (exact) mass is 425 g/mol. The Morgan fingerprint density at radius 1 is 1.03 bits per heavy atom. The first kappa shape index (κ1) is 21.3. The Hall–Kier alpha value is -3.39. The van der Waals surface area contributed by atoms with Gasteiger partial charge in [-0.3, -0.25) is 9.10 Å². The quantitative estimate of drug-likeness (QED) is 0.620. The van der Waals surface area contributed by atoms with Gasteiger partial charge in [-0.05, 0) is 43.7 Å². The number of hydrogen-bond donors (Lipinski definition) is 1. The fourth-order valence-electron chi connectivity index (χ4n) is 2.80.